The standard InChI is InChI=1S/K.H2O.3O.Sn/h;1H2;;;;/q+1;;;2*-1;. The van der Waals surface area contributed by atoms with Crippen LogP contribution < -0.4 is 58.3 Å². The van der Waals surface area contributed by atoms with Crippen LogP contribution in [0.4, 0.5) is 0 Å². The second-order valence-corrected chi connectivity index (χ2v) is 1.68. The van der Waals surface area contributed by atoms with Crippen molar-refractivity contribution in [2.24, 2.45) is 0 Å². The Morgan fingerprint density at radius 2 is 1.33 bits per heavy atom. The first-order valence-electron chi connectivity index (χ1n) is 0.612. The van der Waals surface area contributed by atoms with Crippen molar-refractivity contribution in [2.75, 3.05) is 0 Å². The van der Waals surface area contributed by atoms with Crippen molar-refractivity contribution in [3.05, 3.63) is 0 Å². The van der Waals surface area contributed by atoms with Crippen LogP contribution in [-0.2, 0) is 3.08 Å². The maximum absolute atomic E-state index is 8.61. The fraction of sp³-hybridized carbons (Fsp3) is 0. The molecule has 6 heavy (non-hydrogen) atoms. The van der Waals surface area contributed by atoms with Gasteiger partial charge in [-0.2, -0.15) is 0 Å². The van der Waals surface area contributed by atoms with E-state index >= 15 is 0 Å². The van der Waals surface area contributed by atoms with Crippen LogP contribution in [0.1, 0.15) is 0 Å². The first kappa shape index (κ1) is 15.7. The van der Waals surface area contributed by atoms with Crippen molar-refractivity contribution in [3.8, 4) is 0 Å². The Labute approximate surface area is 85.5 Å². The normalized spacial score (nSPS) is 4.33. The first-order valence-corrected chi connectivity index (χ1v) is 4.11. The van der Waals surface area contributed by atoms with Crippen LogP contribution in [-0.4, -0.2) is 26.1 Å². The Balaban J connectivity index is -0.0000000450. The number of hydrogen-bond acceptors (Lipinski definition) is 3. The second-order valence-electron chi connectivity index (χ2n) is 0.250. The minimum absolute atomic E-state index is 0. The number of rotatable bonds is 0. The summed E-state index contributed by atoms with van der Waals surface area (Å²) in [6.45, 7) is 0. The van der Waals surface area contributed by atoms with Crippen molar-refractivity contribution in [2.45, 2.75) is 0 Å². The van der Waals surface area contributed by atoms with Crippen molar-refractivity contribution >= 4 is 20.6 Å². The molecular weight excluding hydrogens is 222 g/mol. The molecule has 0 saturated heterocycles. The van der Waals surface area contributed by atoms with Gasteiger partial charge < -0.3 is 5.48 Å². The topological polar surface area (TPSA) is 94.7 Å². The van der Waals surface area contributed by atoms with Crippen LogP contribution in [0.2, 0.25) is 0 Å². The van der Waals surface area contributed by atoms with Crippen molar-refractivity contribution in [1.29, 1.82) is 0 Å². The van der Waals surface area contributed by atoms with Gasteiger partial charge in [0.25, 0.3) is 0 Å². The molecule has 32 valence electrons. The zero-order chi connectivity index (χ0) is 3.58. The van der Waals surface area contributed by atoms with E-state index in [1.165, 1.54) is 0 Å². The van der Waals surface area contributed by atoms with Gasteiger partial charge in [0.05, 0.1) is 0 Å². The third kappa shape index (κ3) is 35.8. The van der Waals surface area contributed by atoms with E-state index in [-0.39, 0.29) is 56.9 Å². The Kier molecular flexibility index (Phi) is 26.6. The molecule has 0 radical (unpaired) electrons. The van der Waals surface area contributed by atoms with E-state index in [4.69, 9.17) is 9.96 Å². The quantitative estimate of drug-likeness (QED) is 0.382. The summed E-state index contributed by atoms with van der Waals surface area (Å²) in [7, 11) is 0. The zero-order valence-electron chi connectivity index (χ0n) is 3.22. The molecule has 0 unspecified atom stereocenters. The molecule has 0 rings (SSSR count). The number of hydrogen-bond donors (Lipinski definition) is 0. The molecule has 0 aromatic rings. The Bertz CT molecular complexity index is 30.5. The molecule has 0 saturated carbocycles. The summed E-state index contributed by atoms with van der Waals surface area (Å²) in [5, 5.41) is 0. The Morgan fingerprint density at radius 3 is 1.33 bits per heavy atom. The van der Waals surface area contributed by atoms with Crippen LogP contribution in [0.3, 0.4) is 0 Å². The second kappa shape index (κ2) is 10.2. The summed E-state index contributed by atoms with van der Waals surface area (Å²) < 4.78 is 25.8. The molecule has 0 aliphatic carbocycles. The van der Waals surface area contributed by atoms with Gasteiger partial charge in [0.1, 0.15) is 0 Å². The monoisotopic (exact) mass is 225 g/mol. The summed E-state index contributed by atoms with van der Waals surface area (Å²) in [4.78, 5) is 0. The third-order valence-electron chi connectivity index (χ3n) is 0. The molecule has 0 aliphatic rings. The van der Waals surface area contributed by atoms with Gasteiger partial charge in [-0.25, -0.2) is 0 Å². The molecule has 0 atom stereocenters. The molecule has 0 bridgehead atoms. The molecule has 0 amide bonds. The minimum atomic E-state index is -4.29. The average molecular weight is 224 g/mol. The SMILES string of the molecule is O.[K+].[O]=[Sn]([O-])[O-]. The van der Waals surface area contributed by atoms with Crippen LogP contribution in [0.15, 0.2) is 0 Å². The summed E-state index contributed by atoms with van der Waals surface area (Å²) >= 11 is -4.29. The third-order valence-corrected chi connectivity index (χ3v) is 0. The molecule has 0 spiro atoms. The van der Waals surface area contributed by atoms with Gasteiger partial charge in [-0.1, -0.05) is 0 Å². The van der Waals surface area contributed by atoms with E-state index in [0.717, 1.165) is 0 Å². The van der Waals surface area contributed by atoms with Crippen LogP contribution in [0.5, 0.6) is 0 Å². The van der Waals surface area contributed by atoms with E-state index in [0.29, 0.717) is 0 Å². The van der Waals surface area contributed by atoms with Crippen LogP contribution in [0.25, 0.3) is 0 Å². The summed E-state index contributed by atoms with van der Waals surface area (Å²) in [6.07, 6.45) is 0. The van der Waals surface area contributed by atoms with Gasteiger partial charge in [0, 0.05) is 0 Å². The zero-order valence-corrected chi connectivity index (χ0v) is 9.20. The van der Waals surface area contributed by atoms with Gasteiger partial charge in [0.2, 0.25) is 0 Å². The molecule has 0 aliphatic heterocycles. The average Bonchev–Trinajstić information content (AvgIpc) is 0.811. The van der Waals surface area contributed by atoms with Crippen molar-refractivity contribution in [1.82, 2.24) is 0 Å². The first-order chi connectivity index (χ1) is 1.73. The van der Waals surface area contributed by atoms with Crippen LogP contribution >= 0.6 is 0 Å². The van der Waals surface area contributed by atoms with Gasteiger partial charge in [0.15, 0.2) is 0 Å². The van der Waals surface area contributed by atoms with E-state index in [2.05, 4.69) is 0 Å². The molecular formula is H2KO4Sn-. The van der Waals surface area contributed by atoms with E-state index in [1.807, 2.05) is 0 Å². The predicted octanol–water partition coefficient (Wildman–Crippen LogP) is -6.70. The summed E-state index contributed by atoms with van der Waals surface area (Å²) in [5.41, 5.74) is 0. The molecule has 0 aromatic carbocycles. The molecule has 0 fully saturated rings. The van der Waals surface area contributed by atoms with E-state index in [9.17, 15) is 0 Å². The molecule has 0 aromatic heterocycles. The van der Waals surface area contributed by atoms with E-state index < -0.39 is 20.6 Å². The Morgan fingerprint density at radius 1 is 1.33 bits per heavy atom. The maximum atomic E-state index is 8.61. The van der Waals surface area contributed by atoms with Gasteiger partial charge >= 0.3 is 81.9 Å². The fourth-order valence-corrected chi connectivity index (χ4v) is 0. The molecule has 0 heterocycles. The van der Waals surface area contributed by atoms with Crippen molar-refractivity contribution in [3.63, 3.8) is 0 Å². The van der Waals surface area contributed by atoms with Gasteiger partial charge in [-0.15, -0.1) is 0 Å². The predicted molar refractivity (Wildman–Crippen MR) is 10.1 cm³/mol. The van der Waals surface area contributed by atoms with E-state index in [1.54, 1.807) is 0 Å². The molecule has 4 nitrogen and oxygen atoms in total. The van der Waals surface area contributed by atoms with Gasteiger partial charge in [-0.05, 0) is 0 Å². The summed E-state index contributed by atoms with van der Waals surface area (Å²) in [5.74, 6) is 0. The molecule has 2 N–H and O–H groups in total. The Hall–Kier alpha value is 2.12. The van der Waals surface area contributed by atoms with Gasteiger partial charge in [-0.3, -0.25) is 0 Å². The van der Waals surface area contributed by atoms with Crippen LogP contribution in [0, 0.1) is 0 Å². The summed E-state index contributed by atoms with van der Waals surface area (Å²) in [6, 6.07) is 0. The van der Waals surface area contributed by atoms with Crippen molar-refractivity contribution < 1.29 is 66.8 Å². The fourth-order valence-electron chi connectivity index (χ4n) is 0. The molecule has 6 heteroatoms.